The summed E-state index contributed by atoms with van der Waals surface area (Å²) in [4.78, 5) is 21.4. The quantitative estimate of drug-likeness (QED) is 0.550. The zero-order chi connectivity index (χ0) is 19.1. The SMILES string of the molecule is O=C1NCC(c2ccc(-c3ccccc3)cc2F)N1c1ccc2[nH]cnc2c1. The summed E-state index contributed by atoms with van der Waals surface area (Å²) in [5.74, 6) is -0.325. The molecule has 1 fully saturated rings. The Morgan fingerprint density at radius 3 is 2.68 bits per heavy atom. The fourth-order valence-corrected chi connectivity index (χ4v) is 3.73. The molecule has 5 nitrogen and oxygen atoms in total. The lowest BCUT2D eigenvalue weighted by Crippen LogP contribution is -2.30. The van der Waals surface area contributed by atoms with Gasteiger partial charge in [-0.25, -0.2) is 14.2 Å². The Labute approximate surface area is 160 Å². The number of aromatic nitrogens is 2. The number of rotatable bonds is 3. The highest BCUT2D eigenvalue weighted by molar-refractivity contribution is 5.97. The highest BCUT2D eigenvalue weighted by Crippen LogP contribution is 2.34. The van der Waals surface area contributed by atoms with E-state index in [-0.39, 0.29) is 11.8 Å². The highest BCUT2D eigenvalue weighted by atomic mass is 19.1. The molecule has 1 aliphatic heterocycles. The van der Waals surface area contributed by atoms with Crippen molar-refractivity contribution in [3.05, 3.63) is 84.4 Å². The van der Waals surface area contributed by atoms with Crippen LogP contribution < -0.4 is 10.2 Å². The fraction of sp³-hybridized carbons (Fsp3) is 0.0909. The van der Waals surface area contributed by atoms with Crippen molar-refractivity contribution < 1.29 is 9.18 Å². The molecule has 2 amide bonds. The molecule has 1 aromatic heterocycles. The standard InChI is InChI=1S/C22H17FN4O/c23-18-10-15(14-4-2-1-3-5-14)6-8-17(18)21-12-24-22(28)27(21)16-7-9-19-20(11-16)26-13-25-19/h1-11,13,21H,12H2,(H,24,28)(H,25,26). The van der Waals surface area contributed by atoms with Crippen molar-refractivity contribution in [3.63, 3.8) is 0 Å². The molecule has 3 aromatic carbocycles. The third-order valence-corrected chi connectivity index (χ3v) is 5.13. The maximum absolute atomic E-state index is 15.0. The number of urea groups is 1. The van der Waals surface area contributed by atoms with E-state index in [9.17, 15) is 4.79 Å². The molecular weight excluding hydrogens is 355 g/mol. The average molecular weight is 372 g/mol. The van der Waals surface area contributed by atoms with Gasteiger partial charge in [0.25, 0.3) is 0 Å². The van der Waals surface area contributed by atoms with E-state index in [0.29, 0.717) is 17.8 Å². The Kier molecular flexibility index (Phi) is 3.83. The topological polar surface area (TPSA) is 61.0 Å². The number of carbonyl (C=O) groups excluding carboxylic acids is 1. The van der Waals surface area contributed by atoms with Crippen LogP contribution in [0.15, 0.2) is 73.1 Å². The Bertz CT molecular complexity index is 1170. The van der Waals surface area contributed by atoms with E-state index in [0.717, 1.165) is 22.2 Å². The number of nitrogens with one attached hydrogen (secondary N) is 2. The molecule has 28 heavy (non-hydrogen) atoms. The molecule has 0 spiro atoms. The molecule has 0 bridgehead atoms. The van der Waals surface area contributed by atoms with Crippen molar-refractivity contribution in [1.82, 2.24) is 15.3 Å². The first-order valence-electron chi connectivity index (χ1n) is 9.06. The Balaban J connectivity index is 1.53. The third kappa shape index (κ3) is 2.70. The lowest BCUT2D eigenvalue weighted by molar-refractivity contribution is 0.251. The summed E-state index contributed by atoms with van der Waals surface area (Å²) in [7, 11) is 0. The van der Waals surface area contributed by atoms with Crippen LogP contribution in [0, 0.1) is 5.82 Å². The van der Waals surface area contributed by atoms with Crippen molar-refractivity contribution in [1.29, 1.82) is 0 Å². The van der Waals surface area contributed by atoms with Crippen LogP contribution in [0.4, 0.5) is 14.9 Å². The molecule has 1 aliphatic rings. The van der Waals surface area contributed by atoms with Crippen molar-refractivity contribution >= 4 is 22.8 Å². The van der Waals surface area contributed by atoms with Crippen molar-refractivity contribution in [2.24, 2.45) is 0 Å². The van der Waals surface area contributed by atoms with Gasteiger partial charge in [0.2, 0.25) is 0 Å². The minimum atomic E-state index is -0.422. The van der Waals surface area contributed by atoms with Crippen molar-refractivity contribution in [2.45, 2.75) is 6.04 Å². The van der Waals surface area contributed by atoms with E-state index in [1.165, 1.54) is 6.07 Å². The van der Waals surface area contributed by atoms with Gasteiger partial charge in [-0.3, -0.25) is 4.90 Å². The average Bonchev–Trinajstić information content (AvgIpc) is 3.34. The minimum Gasteiger partial charge on any atom is -0.345 e. The second-order valence-corrected chi connectivity index (χ2v) is 6.78. The monoisotopic (exact) mass is 372 g/mol. The van der Waals surface area contributed by atoms with E-state index in [1.54, 1.807) is 17.3 Å². The van der Waals surface area contributed by atoms with E-state index in [2.05, 4.69) is 15.3 Å². The molecular formula is C22H17FN4O. The lowest BCUT2D eigenvalue weighted by Gasteiger charge is -2.24. The zero-order valence-electron chi connectivity index (χ0n) is 14.9. The molecule has 0 radical (unpaired) electrons. The fourth-order valence-electron chi connectivity index (χ4n) is 3.73. The van der Waals surface area contributed by atoms with Gasteiger partial charge in [0, 0.05) is 17.8 Å². The number of H-pyrrole nitrogens is 1. The number of carbonyl (C=O) groups is 1. The van der Waals surface area contributed by atoms with Crippen LogP contribution in [0.2, 0.25) is 0 Å². The van der Waals surface area contributed by atoms with Gasteiger partial charge in [0.1, 0.15) is 5.82 Å². The molecule has 1 saturated heterocycles. The number of hydrogen-bond acceptors (Lipinski definition) is 2. The third-order valence-electron chi connectivity index (χ3n) is 5.13. The summed E-state index contributed by atoms with van der Waals surface area (Å²) >= 11 is 0. The Morgan fingerprint density at radius 1 is 1.00 bits per heavy atom. The number of fused-ring (bicyclic) bond motifs is 1. The van der Waals surface area contributed by atoms with Crippen LogP contribution in [-0.2, 0) is 0 Å². The molecule has 5 rings (SSSR count). The number of amides is 2. The Hall–Kier alpha value is -3.67. The van der Waals surface area contributed by atoms with Crippen LogP contribution in [-0.4, -0.2) is 22.5 Å². The maximum Gasteiger partial charge on any atom is 0.322 e. The van der Waals surface area contributed by atoms with Gasteiger partial charge in [0.15, 0.2) is 0 Å². The largest absolute Gasteiger partial charge is 0.345 e. The van der Waals surface area contributed by atoms with Crippen LogP contribution in [0.3, 0.4) is 0 Å². The maximum atomic E-state index is 15.0. The van der Waals surface area contributed by atoms with Crippen LogP contribution in [0.25, 0.3) is 22.2 Å². The number of aromatic amines is 1. The van der Waals surface area contributed by atoms with Gasteiger partial charge in [0.05, 0.1) is 23.4 Å². The second kappa shape index (κ2) is 6.49. The first-order chi connectivity index (χ1) is 13.7. The molecule has 6 heteroatoms. The van der Waals surface area contributed by atoms with E-state index >= 15 is 4.39 Å². The summed E-state index contributed by atoms with van der Waals surface area (Å²) in [6.07, 6.45) is 1.61. The summed E-state index contributed by atoms with van der Waals surface area (Å²) in [5, 5.41) is 2.82. The van der Waals surface area contributed by atoms with Gasteiger partial charge < -0.3 is 10.3 Å². The first-order valence-corrected chi connectivity index (χ1v) is 9.06. The van der Waals surface area contributed by atoms with Gasteiger partial charge in [-0.2, -0.15) is 0 Å². The molecule has 4 aromatic rings. The normalized spacial score (nSPS) is 16.5. The van der Waals surface area contributed by atoms with Gasteiger partial charge in [-0.05, 0) is 35.4 Å². The molecule has 0 aliphatic carbocycles. The smallest absolute Gasteiger partial charge is 0.322 e. The number of hydrogen-bond donors (Lipinski definition) is 2. The van der Waals surface area contributed by atoms with Crippen LogP contribution in [0.1, 0.15) is 11.6 Å². The zero-order valence-corrected chi connectivity index (χ0v) is 14.9. The molecule has 2 heterocycles. The van der Waals surface area contributed by atoms with Crippen molar-refractivity contribution in [2.75, 3.05) is 11.4 Å². The van der Waals surface area contributed by atoms with Crippen molar-refractivity contribution in [3.8, 4) is 11.1 Å². The number of halogens is 1. The summed E-state index contributed by atoms with van der Waals surface area (Å²) in [6.45, 7) is 0.346. The molecule has 1 unspecified atom stereocenters. The Morgan fingerprint density at radius 2 is 1.86 bits per heavy atom. The van der Waals surface area contributed by atoms with Crippen LogP contribution in [0.5, 0.6) is 0 Å². The van der Waals surface area contributed by atoms with E-state index < -0.39 is 6.04 Å². The molecule has 138 valence electrons. The first kappa shape index (κ1) is 16.5. The minimum absolute atomic E-state index is 0.244. The number of nitrogens with zero attached hydrogens (tertiary/aromatic N) is 2. The van der Waals surface area contributed by atoms with Gasteiger partial charge >= 0.3 is 6.03 Å². The molecule has 1 atom stereocenters. The van der Waals surface area contributed by atoms with Gasteiger partial charge in [-0.1, -0.05) is 42.5 Å². The highest BCUT2D eigenvalue weighted by Gasteiger charge is 2.35. The number of anilines is 1. The molecule has 0 saturated carbocycles. The summed E-state index contributed by atoms with van der Waals surface area (Å²) in [5.41, 5.74) is 4.58. The summed E-state index contributed by atoms with van der Waals surface area (Å²) in [6, 6.07) is 19.7. The summed E-state index contributed by atoms with van der Waals surface area (Å²) < 4.78 is 15.0. The predicted molar refractivity (Wildman–Crippen MR) is 107 cm³/mol. The van der Waals surface area contributed by atoms with Crippen LogP contribution >= 0.6 is 0 Å². The number of imidazole rings is 1. The van der Waals surface area contributed by atoms with E-state index in [4.69, 9.17) is 0 Å². The molecule has 2 N–H and O–H groups in total. The second-order valence-electron chi connectivity index (χ2n) is 6.78. The predicted octanol–water partition coefficient (Wildman–Crippen LogP) is 4.64. The lowest BCUT2D eigenvalue weighted by atomic mass is 9.99. The number of benzene rings is 3. The van der Waals surface area contributed by atoms with Gasteiger partial charge in [-0.15, -0.1) is 0 Å². The van der Waals surface area contributed by atoms with E-state index in [1.807, 2.05) is 54.6 Å².